The van der Waals surface area contributed by atoms with Crippen molar-refractivity contribution in [2.75, 3.05) is 7.11 Å². The minimum atomic E-state index is -2.10. The Morgan fingerprint density at radius 3 is 2.25 bits per heavy atom. The number of aliphatic hydroxyl groups excluding tert-OH is 1. The van der Waals surface area contributed by atoms with Crippen molar-refractivity contribution in [1.29, 1.82) is 0 Å². The first-order valence-corrected chi connectivity index (χ1v) is 16.0. The summed E-state index contributed by atoms with van der Waals surface area (Å²) in [6, 6.07) is 0. The summed E-state index contributed by atoms with van der Waals surface area (Å²) < 4.78 is 12.4. The number of amides is 2. The van der Waals surface area contributed by atoms with E-state index in [0.29, 0.717) is 32.1 Å². The first kappa shape index (κ1) is 32.4. The lowest BCUT2D eigenvalue weighted by atomic mass is 9.87. The van der Waals surface area contributed by atoms with Crippen molar-refractivity contribution in [2.45, 2.75) is 110 Å². The minimum absolute atomic E-state index is 0.0156. The first-order chi connectivity index (χ1) is 16.5. The zero-order valence-corrected chi connectivity index (χ0v) is 24.8. The van der Waals surface area contributed by atoms with Crippen molar-refractivity contribution in [3.63, 3.8) is 0 Å². The van der Waals surface area contributed by atoms with Gasteiger partial charge in [-0.25, -0.2) is 0 Å². The van der Waals surface area contributed by atoms with Gasteiger partial charge >= 0.3 is 0 Å². The van der Waals surface area contributed by atoms with Gasteiger partial charge < -0.3 is 14.3 Å². The lowest BCUT2D eigenvalue weighted by Gasteiger charge is -2.42. The number of carbonyl (C=O) groups is 3. The number of Topliss-reactive ketones (excluding diaryl/α,β-unsaturated/α-hetero) is 1. The third-order valence-electron chi connectivity index (χ3n) is 7.82. The molecule has 0 spiro atoms. The predicted octanol–water partition coefficient (Wildman–Crippen LogP) is 4.95. The first-order valence-electron chi connectivity index (χ1n) is 13.1. The highest BCUT2D eigenvalue weighted by Gasteiger charge is 2.41. The van der Waals surface area contributed by atoms with Crippen molar-refractivity contribution in [3.05, 3.63) is 24.3 Å². The largest absolute Gasteiger partial charge is 0.410 e. The predicted molar refractivity (Wildman–Crippen MR) is 146 cm³/mol. The van der Waals surface area contributed by atoms with Gasteiger partial charge in [0.2, 0.25) is 11.8 Å². The molecule has 1 heterocycles. The molecule has 2 amide bonds. The van der Waals surface area contributed by atoms with Crippen LogP contribution in [0, 0.1) is 17.8 Å². The van der Waals surface area contributed by atoms with Crippen LogP contribution in [0.2, 0.25) is 18.1 Å². The molecule has 0 aliphatic carbocycles. The van der Waals surface area contributed by atoms with E-state index in [0.717, 1.165) is 5.57 Å². The third kappa shape index (κ3) is 9.36. The molecule has 206 valence electrons. The van der Waals surface area contributed by atoms with Gasteiger partial charge in [0, 0.05) is 38.2 Å². The van der Waals surface area contributed by atoms with Crippen LogP contribution in [-0.2, 0) is 23.5 Å². The van der Waals surface area contributed by atoms with Crippen LogP contribution in [0.4, 0.5) is 0 Å². The zero-order valence-electron chi connectivity index (χ0n) is 23.8. The molecular weight excluding hydrogens is 474 g/mol. The molecular formula is C28H49NO6Si. The molecule has 8 heteroatoms. The molecule has 1 rings (SSSR count). The maximum Gasteiger partial charge on any atom is 0.226 e. The number of methoxy groups -OCH3 is 1. The summed E-state index contributed by atoms with van der Waals surface area (Å²) in [5.74, 6) is -1.16. The fourth-order valence-electron chi connectivity index (χ4n) is 4.38. The summed E-state index contributed by atoms with van der Waals surface area (Å²) in [7, 11) is -0.460. The molecule has 1 saturated heterocycles. The standard InChI is InChI=1S/C28H49NO6Si/c1-11-23(34-8)27(35-36(9,10)28(5,6)7)19(3)15-18(2)26(33)20(4)22(30)14-12-13-21-16-24(31)29-25(32)17-21/h11,15,19-21,23,26-27,33H,1,12-14,16-17H2,2-10H3,(H,29,31,32)/b18-15+/t19-,20-,23+,26+,27+/m1/s1. The molecule has 1 fully saturated rings. The van der Waals surface area contributed by atoms with E-state index in [9.17, 15) is 19.5 Å². The van der Waals surface area contributed by atoms with Gasteiger partial charge in [-0.05, 0) is 49.4 Å². The third-order valence-corrected chi connectivity index (χ3v) is 12.3. The van der Waals surface area contributed by atoms with Gasteiger partial charge in [0.05, 0.1) is 12.2 Å². The maximum absolute atomic E-state index is 12.8. The Labute approximate surface area is 219 Å². The summed E-state index contributed by atoms with van der Waals surface area (Å²) in [6.45, 7) is 20.5. The summed E-state index contributed by atoms with van der Waals surface area (Å²) >= 11 is 0. The van der Waals surface area contributed by atoms with Crippen molar-refractivity contribution >= 4 is 25.9 Å². The molecule has 0 saturated carbocycles. The lowest BCUT2D eigenvalue weighted by molar-refractivity contribution is -0.134. The number of imide groups is 1. The van der Waals surface area contributed by atoms with E-state index in [1.165, 1.54) is 0 Å². The number of hydrogen-bond acceptors (Lipinski definition) is 6. The van der Waals surface area contributed by atoms with Gasteiger partial charge in [0.15, 0.2) is 8.32 Å². The second kappa shape index (κ2) is 13.8. The molecule has 36 heavy (non-hydrogen) atoms. The number of hydrogen-bond donors (Lipinski definition) is 2. The zero-order chi connectivity index (χ0) is 27.8. The van der Waals surface area contributed by atoms with Crippen molar-refractivity contribution in [2.24, 2.45) is 17.8 Å². The van der Waals surface area contributed by atoms with E-state index < -0.39 is 20.3 Å². The quantitative estimate of drug-likeness (QED) is 0.190. The van der Waals surface area contributed by atoms with E-state index in [1.807, 2.05) is 19.9 Å². The van der Waals surface area contributed by atoms with Crippen LogP contribution in [0.3, 0.4) is 0 Å². The van der Waals surface area contributed by atoms with Crippen molar-refractivity contribution < 1.29 is 28.7 Å². The number of aliphatic hydroxyl groups is 1. The molecule has 0 aromatic rings. The van der Waals surface area contributed by atoms with Crippen LogP contribution >= 0.6 is 0 Å². The minimum Gasteiger partial charge on any atom is -0.410 e. The highest BCUT2D eigenvalue weighted by molar-refractivity contribution is 6.74. The van der Waals surface area contributed by atoms with Crippen LogP contribution in [0.5, 0.6) is 0 Å². The highest BCUT2D eigenvalue weighted by Crippen LogP contribution is 2.39. The Hall–Kier alpha value is -1.61. The molecule has 0 bridgehead atoms. The van der Waals surface area contributed by atoms with Crippen LogP contribution in [0.15, 0.2) is 24.3 Å². The fraction of sp³-hybridized carbons (Fsp3) is 0.750. The Kier molecular flexibility index (Phi) is 12.4. The molecule has 2 N–H and O–H groups in total. The van der Waals surface area contributed by atoms with Gasteiger partial charge in [0.1, 0.15) is 11.9 Å². The van der Waals surface area contributed by atoms with Crippen LogP contribution in [0.1, 0.15) is 73.6 Å². The Morgan fingerprint density at radius 1 is 1.22 bits per heavy atom. The van der Waals surface area contributed by atoms with E-state index in [2.05, 4.69) is 45.8 Å². The van der Waals surface area contributed by atoms with E-state index >= 15 is 0 Å². The van der Waals surface area contributed by atoms with Gasteiger partial charge in [-0.2, -0.15) is 0 Å². The summed E-state index contributed by atoms with van der Waals surface area (Å²) in [5.41, 5.74) is 0.723. The van der Waals surface area contributed by atoms with Crippen molar-refractivity contribution in [1.82, 2.24) is 5.32 Å². The molecule has 1 aliphatic heterocycles. The van der Waals surface area contributed by atoms with Crippen LogP contribution < -0.4 is 5.32 Å². The second-order valence-corrected chi connectivity index (χ2v) is 16.6. The molecule has 1 aliphatic rings. The number of ketones is 1. The second-order valence-electron chi connectivity index (χ2n) is 11.9. The molecule has 0 aromatic heterocycles. The van der Waals surface area contributed by atoms with E-state index in [1.54, 1.807) is 20.1 Å². The topological polar surface area (TPSA) is 102 Å². The smallest absolute Gasteiger partial charge is 0.226 e. The number of carbonyl (C=O) groups excluding carboxylic acids is 3. The fourth-order valence-corrected chi connectivity index (χ4v) is 5.77. The van der Waals surface area contributed by atoms with E-state index in [-0.39, 0.29) is 46.7 Å². The molecule has 7 nitrogen and oxygen atoms in total. The average Bonchev–Trinajstić information content (AvgIpc) is 2.76. The molecule has 0 aromatic carbocycles. The Bertz CT molecular complexity index is 799. The molecule has 5 atom stereocenters. The SMILES string of the molecule is C=C[C@H](OC)[C@@H](O[Si](C)(C)C(C)(C)C)[C@H](C)/C=C(\C)[C@H](O)[C@H](C)C(=O)CCCC1CC(=O)NC(=O)C1. The van der Waals surface area contributed by atoms with Crippen LogP contribution in [-0.4, -0.2) is 56.4 Å². The van der Waals surface area contributed by atoms with E-state index in [4.69, 9.17) is 9.16 Å². The van der Waals surface area contributed by atoms with Crippen molar-refractivity contribution in [3.8, 4) is 0 Å². The lowest BCUT2D eigenvalue weighted by Crippen LogP contribution is -2.49. The van der Waals surface area contributed by atoms with Gasteiger partial charge in [-0.3, -0.25) is 19.7 Å². The monoisotopic (exact) mass is 523 g/mol. The number of nitrogens with one attached hydrogen (secondary N) is 1. The Balaban J connectivity index is 2.84. The summed E-state index contributed by atoms with van der Waals surface area (Å²) in [6.07, 6.45) is 4.46. The molecule has 0 unspecified atom stereocenters. The number of piperidine rings is 1. The Morgan fingerprint density at radius 2 is 1.78 bits per heavy atom. The number of rotatable bonds is 14. The van der Waals surface area contributed by atoms with Gasteiger partial charge in [0.25, 0.3) is 0 Å². The highest BCUT2D eigenvalue weighted by atomic mass is 28.4. The van der Waals surface area contributed by atoms with Crippen LogP contribution in [0.25, 0.3) is 0 Å². The summed E-state index contributed by atoms with van der Waals surface area (Å²) in [4.78, 5) is 35.9. The molecule has 0 radical (unpaired) electrons. The maximum atomic E-state index is 12.8. The van der Waals surface area contributed by atoms with Gasteiger partial charge in [-0.1, -0.05) is 46.8 Å². The average molecular weight is 524 g/mol. The summed E-state index contributed by atoms with van der Waals surface area (Å²) in [5, 5.41) is 13.3. The normalized spacial score (nSPS) is 20.3. The van der Waals surface area contributed by atoms with Gasteiger partial charge in [-0.15, -0.1) is 6.58 Å². The number of ether oxygens (including phenoxy) is 1.